The molecule has 3 saturated heterocycles. The van der Waals surface area contributed by atoms with Crippen molar-refractivity contribution in [1.82, 2.24) is 4.90 Å². The third-order valence-corrected chi connectivity index (χ3v) is 5.56. The number of rotatable bonds is 5. The Kier molecular flexibility index (Phi) is 4.41. The van der Waals surface area contributed by atoms with E-state index in [1.54, 1.807) is 0 Å². The maximum Gasteiger partial charge on any atom is 0.165 e. The lowest BCUT2D eigenvalue weighted by Gasteiger charge is -2.30. The van der Waals surface area contributed by atoms with Crippen molar-refractivity contribution in [1.29, 1.82) is 0 Å². The van der Waals surface area contributed by atoms with Crippen molar-refractivity contribution in [3.8, 4) is 0 Å². The van der Waals surface area contributed by atoms with Crippen molar-refractivity contribution in [3.05, 3.63) is 35.9 Å². The minimum Gasteiger partial charge on any atom is -0.361 e. The van der Waals surface area contributed by atoms with Gasteiger partial charge in [0.15, 0.2) is 5.79 Å². The van der Waals surface area contributed by atoms with Crippen LogP contribution in [0.3, 0.4) is 0 Å². The first kappa shape index (κ1) is 15.6. The second-order valence-corrected chi connectivity index (χ2v) is 7.12. The van der Waals surface area contributed by atoms with Gasteiger partial charge in [0.25, 0.3) is 0 Å². The van der Waals surface area contributed by atoms with Crippen molar-refractivity contribution in [2.24, 2.45) is 0 Å². The van der Waals surface area contributed by atoms with E-state index in [4.69, 9.17) is 14.2 Å². The number of ether oxygens (including phenoxy) is 3. The van der Waals surface area contributed by atoms with E-state index in [-0.39, 0.29) is 5.79 Å². The molecular weight excluding hydrogens is 290 g/mol. The Morgan fingerprint density at radius 3 is 2.70 bits per heavy atom. The monoisotopic (exact) mass is 317 g/mol. The summed E-state index contributed by atoms with van der Waals surface area (Å²) < 4.78 is 17.5. The van der Waals surface area contributed by atoms with Crippen molar-refractivity contribution >= 4 is 0 Å². The summed E-state index contributed by atoms with van der Waals surface area (Å²) in [7, 11) is 0. The molecular formula is C19H27NO3. The molecule has 0 bridgehead atoms. The molecule has 3 fully saturated rings. The SMILES string of the molecule is CC1(CCCC2CCC3OCC(c4ccccc4)N23)OCCO1. The third kappa shape index (κ3) is 3.18. The molecule has 4 rings (SSSR count). The molecule has 0 N–H and O–H groups in total. The Bertz CT molecular complexity index is 515. The van der Waals surface area contributed by atoms with E-state index in [1.807, 2.05) is 0 Å². The summed E-state index contributed by atoms with van der Waals surface area (Å²) in [6.07, 6.45) is 6.06. The van der Waals surface area contributed by atoms with Crippen LogP contribution in [0.25, 0.3) is 0 Å². The molecule has 0 aromatic heterocycles. The Labute approximate surface area is 138 Å². The molecule has 0 radical (unpaired) electrons. The molecule has 1 aromatic rings. The molecule has 4 heteroatoms. The lowest BCUT2D eigenvalue weighted by atomic mass is 10.0. The summed E-state index contributed by atoms with van der Waals surface area (Å²) in [4.78, 5) is 2.62. The lowest BCUT2D eigenvalue weighted by molar-refractivity contribution is -0.148. The molecule has 3 aliphatic rings. The van der Waals surface area contributed by atoms with Gasteiger partial charge in [0.2, 0.25) is 0 Å². The Morgan fingerprint density at radius 1 is 1.13 bits per heavy atom. The fourth-order valence-electron chi connectivity index (χ4n) is 4.38. The van der Waals surface area contributed by atoms with E-state index in [9.17, 15) is 0 Å². The van der Waals surface area contributed by atoms with E-state index < -0.39 is 0 Å². The minimum atomic E-state index is -0.349. The Balaban J connectivity index is 1.37. The summed E-state index contributed by atoms with van der Waals surface area (Å²) in [5, 5.41) is 0. The van der Waals surface area contributed by atoms with Gasteiger partial charge in [-0.1, -0.05) is 30.3 Å². The van der Waals surface area contributed by atoms with Crippen molar-refractivity contribution in [2.75, 3.05) is 19.8 Å². The van der Waals surface area contributed by atoms with Crippen LogP contribution >= 0.6 is 0 Å². The molecule has 0 aliphatic carbocycles. The van der Waals surface area contributed by atoms with Crippen molar-refractivity contribution in [3.63, 3.8) is 0 Å². The molecule has 0 spiro atoms. The predicted octanol–water partition coefficient (Wildman–Crippen LogP) is 3.48. The van der Waals surface area contributed by atoms with E-state index in [2.05, 4.69) is 42.2 Å². The van der Waals surface area contributed by atoms with Gasteiger partial charge in [-0.3, -0.25) is 4.90 Å². The largest absolute Gasteiger partial charge is 0.361 e. The van der Waals surface area contributed by atoms with Gasteiger partial charge in [-0.2, -0.15) is 0 Å². The van der Waals surface area contributed by atoms with Crippen molar-refractivity contribution < 1.29 is 14.2 Å². The lowest BCUT2D eigenvalue weighted by Crippen LogP contribution is -2.35. The van der Waals surface area contributed by atoms with Crippen LogP contribution in [0.4, 0.5) is 0 Å². The average molecular weight is 317 g/mol. The highest BCUT2D eigenvalue weighted by Crippen LogP contribution is 2.41. The zero-order valence-electron chi connectivity index (χ0n) is 13.9. The Morgan fingerprint density at radius 2 is 1.91 bits per heavy atom. The number of fused-ring (bicyclic) bond motifs is 1. The average Bonchev–Trinajstić information content (AvgIpc) is 3.26. The van der Waals surface area contributed by atoms with Crippen LogP contribution in [0.5, 0.6) is 0 Å². The normalized spacial score (nSPS) is 33.2. The van der Waals surface area contributed by atoms with E-state index in [0.717, 1.165) is 39.1 Å². The van der Waals surface area contributed by atoms with Gasteiger partial charge < -0.3 is 14.2 Å². The van der Waals surface area contributed by atoms with Gasteiger partial charge in [0.1, 0.15) is 6.23 Å². The minimum absolute atomic E-state index is 0.319. The predicted molar refractivity (Wildman–Crippen MR) is 87.9 cm³/mol. The smallest absolute Gasteiger partial charge is 0.165 e. The molecule has 3 unspecified atom stereocenters. The maximum atomic E-state index is 6.05. The van der Waals surface area contributed by atoms with Crippen LogP contribution in [-0.4, -0.2) is 42.8 Å². The topological polar surface area (TPSA) is 30.9 Å². The maximum absolute atomic E-state index is 6.05. The second kappa shape index (κ2) is 6.52. The quantitative estimate of drug-likeness (QED) is 0.832. The van der Waals surface area contributed by atoms with Crippen LogP contribution < -0.4 is 0 Å². The molecule has 0 amide bonds. The zero-order chi connectivity index (χ0) is 15.7. The summed E-state index contributed by atoms with van der Waals surface area (Å²) in [5.41, 5.74) is 1.39. The van der Waals surface area contributed by atoms with Crippen LogP contribution in [0.15, 0.2) is 30.3 Å². The zero-order valence-corrected chi connectivity index (χ0v) is 13.9. The first-order chi connectivity index (χ1) is 11.3. The molecule has 0 saturated carbocycles. The molecule has 3 atom stereocenters. The summed E-state index contributed by atoms with van der Waals surface area (Å²) in [5.74, 6) is -0.349. The second-order valence-electron chi connectivity index (χ2n) is 7.12. The van der Waals surface area contributed by atoms with E-state index >= 15 is 0 Å². The van der Waals surface area contributed by atoms with Crippen LogP contribution in [0.1, 0.15) is 50.6 Å². The van der Waals surface area contributed by atoms with E-state index in [0.29, 0.717) is 18.3 Å². The summed E-state index contributed by atoms with van der Waals surface area (Å²) >= 11 is 0. The highest BCUT2D eigenvalue weighted by atomic mass is 16.7. The van der Waals surface area contributed by atoms with Crippen LogP contribution in [-0.2, 0) is 14.2 Å². The van der Waals surface area contributed by atoms with Gasteiger partial charge in [0, 0.05) is 12.5 Å². The molecule has 3 aliphatic heterocycles. The Hall–Kier alpha value is -0.940. The standard InChI is InChI=1S/C19H27NO3/c1-19(22-12-13-23-19)11-5-8-16-9-10-18-20(16)17(14-21-18)15-6-3-2-4-7-15/h2-4,6-7,16-18H,5,8-14H2,1H3. The summed E-state index contributed by atoms with van der Waals surface area (Å²) in [6, 6.07) is 11.8. The van der Waals surface area contributed by atoms with E-state index in [1.165, 1.54) is 18.4 Å². The number of hydrogen-bond acceptors (Lipinski definition) is 4. The van der Waals surface area contributed by atoms with Gasteiger partial charge in [-0.25, -0.2) is 0 Å². The fourth-order valence-corrected chi connectivity index (χ4v) is 4.38. The molecule has 4 nitrogen and oxygen atoms in total. The third-order valence-electron chi connectivity index (χ3n) is 5.56. The number of benzene rings is 1. The first-order valence-electron chi connectivity index (χ1n) is 8.97. The van der Waals surface area contributed by atoms with Crippen LogP contribution in [0, 0.1) is 0 Å². The number of nitrogens with zero attached hydrogens (tertiary/aromatic N) is 1. The highest BCUT2D eigenvalue weighted by Gasteiger charge is 2.44. The number of hydrogen-bond donors (Lipinski definition) is 0. The molecule has 126 valence electrons. The van der Waals surface area contributed by atoms with Crippen LogP contribution in [0.2, 0.25) is 0 Å². The van der Waals surface area contributed by atoms with Gasteiger partial charge in [-0.05, 0) is 38.2 Å². The van der Waals surface area contributed by atoms with Gasteiger partial charge >= 0.3 is 0 Å². The van der Waals surface area contributed by atoms with Gasteiger partial charge in [0.05, 0.1) is 25.9 Å². The van der Waals surface area contributed by atoms with Gasteiger partial charge in [-0.15, -0.1) is 0 Å². The molecule has 1 aromatic carbocycles. The first-order valence-corrected chi connectivity index (χ1v) is 8.97. The molecule has 3 heterocycles. The van der Waals surface area contributed by atoms with Crippen molar-refractivity contribution in [2.45, 2.75) is 63.1 Å². The fraction of sp³-hybridized carbons (Fsp3) is 0.684. The summed E-state index contributed by atoms with van der Waals surface area (Å²) in [6.45, 7) is 4.37. The highest BCUT2D eigenvalue weighted by molar-refractivity contribution is 5.21. The molecule has 23 heavy (non-hydrogen) atoms.